The first-order chi connectivity index (χ1) is 8.61. The normalized spacial score (nSPS) is 9.47. The van der Waals surface area contributed by atoms with E-state index >= 15 is 0 Å². The summed E-state index contributed by atoms with van der Waals surface area (Å²) >= 11 is 0. The van der Waals surface area contributed by atoms with E-state index in [1.54, 1.807) is 30.3 Å². The van der Waals surface area contributed by atoms with Gasteiger partial charge >= 0.3 is 11.9 Å². The lowest BCUT2D eigenvalue weighted by Gasteiger charge is -2.08. The summed E-state index contributed by atoms with van der Waals surface area (Å²) in [5, 5.41) is 18.2. The topological polar surface area (TPSA) is 106 Å². The van der Waals surface area contributed by atoms with Crippen LogP contribution in [0.25, 0.3) is 11.1 Å². The van der Waals surface area contributed by atoms with Crippen molar-refractivity contribution in [3.8, 4) is 11.1 Å². The smallest absolute Gasteiger partial charge is 0.337 e. The molecule has 0 unspecified atom stereocenters. The Balaban J connectivity index is 0.00000180. The Labute approximate surface area is 109 Å². The number of benzene rings is 2. The molecule has 0 atom stereocenters. The van der Waals surface area contributed by atoms with Gasteiger partial charge in [0.1, 0.15) is 0 Å². The number of carboxylic acids is 2. The van der Waals surface area contributed by atoms with Gasteiger partial charge in [-0.05, 0) is 17.2 Å². The van der Waals surface area contributed by atoms with Crippen molar-refractivity contribution in [2.75, 3.05) is 0 Å². The summed E-state index contributed by atoms with van der Waals surface area (Å²) in [6.07, 6.45) is 0. The molecule has 5 nitrogen and oxygen atoms in total. The predicted octanol–water partition coefficient (Wildman–Crippen LogP) is 1.93. The maximum absolute atomic E-state index is 11.3. The lowest BCUT2D eigenvalue weighted by molar-refractivity contribution is 0.0652. The van der Waals surface area contributed by atoms with Crippen LogP contribution in [0.5, 0.6) is 0 Å². The molecule has 0 saturated carbocycles. The first-order valence-corrected chi connectivity index (χ1v) is 5.26. The van der Waals surface area contributed by atoms with Gasteiger partial charge in [-0.2, -0.15) is 0 Å². The van der Waals surface area contributed by atoms with Gasteiger partial charge in [-0.15, -0.1) is 0 Å². The maximum Gasteiger partial charge on any atom is 0.337 e. The summed E-state index contributed by atoms with van der Waals surface area (Å²) in [4.78, 5) is 22.3. The molecule has 0 spiro atoms. The van der Waals surface area contributed by atoms with Gasteiger partial charge in [0.05, 0.1) is 11.1 Å². The molecule has 0 amide bonds. The highest BCUT2D eigenvalue weighted by molar-refractivity contribution is 6.06. The molecule has 0 aliphatic heterocycles. The molecule has 0 saturated heterocycles. The highest BCUT2D eigenvalue weighted by Gasteiger charge is 2.20. The van der Waals surface area contributed by atoms with Gasteiger partial charge in [-0.25, -0.2) is 9.59 Å². The maximum atomic E-state index is 11.3. The van der Waals surface area contributed by atoms with E-state index in [0.29, 0.717) is 11.1 Å². The van der Waals surface area contributed by atoms with Crippen LogP contribution in [0.3, 0.4) is 0 Å². The first kappa shape index (κ1) is 14.4. The van der Waals surface area contributed by atoms with Gasteiger partial charge in [0.25, 0.3) is 0 Å². The predicted molar refractivity (Wildman–Crippen MR) is 69.4 cm³/mol. The zero-order valence-corrected chi connectivity index (χ0v) is 9.83. The van der Waals surface area contributed by atoms with Crippen molar-refractivity contribution in [1.82, 2.24) is 0 Å². The number of carbonyl (C=O) groups is 2. The first-order valence-electron chi connectivity index (χ1n) is 5.26. The van der Waals surface area contributed by atoms with Crippen LogP contribution in [0.2, 0.25) is 0 Å². The molecule has 5 heteroatoms. The zero-order valence-electron chi connectivity index (χ0n) is 9.83. The SMILES string of the molecule is O.O=C(O)c1cccc(-c2ccccc2)c1C(=O)O. The quantitative estimate of drug-likeness (QED) is 0.879. The van der Waals surface area contributed by atoms with Crippen molar-refractivity contribution >= 4 is 11.9 Å². The summed E-state index contributed by atoms with van der Waals surface area (Å²) in [6.45, 7) is 0. The Morgan fingerprint density at radius 2 is 1.42 bits per heavy atom. The van der Waals surface area contributed by atoms with Crippen LogP contribution in [0.1, 0.15) is 20.7 Å². The second-order valence-electron chi connectivity index (χ2n) is 3.70. The summed E-state index contributed by atoms with van der Waals surface area (Å²) in [6, 6.07) is 13.3. The molecule has 19 heavy (non-hydrogen) atoms. The second-order valence-corrected chi connectivity index (χ2v) is 3.70. The molecular formula is C14H12O5. The third-order valence-corrected chi connectivity index (χ3v) is 2.59. The minimum absolute atomic E-state index is 0. The minimum atomic E-state index is -1.25. The van der Waals surface area contributed by atoms with Gasteiger partial charge in [0, 0.05) is 0 Å². The molecule has 0 bridgehead atoms. The average molecular weight is 260 g/mol. The van der Waals surface area contributed by atoms with E-state index in [9.17, 15) is 14.7 Å². The summed E-state index contributed by atoms with van der Waals surface area (Å²) in [5.41, 5.74) is 0.695. The standard InChI is InChI=1S/C14H10O4.H2O/c15-13(16)11-8-4-7-10(12(11)14(17)18)9-5-2-1-3-6-9;/h1-8H,(H,15,16)(H,17,18);1H2. The van der Waals surface area contributed by atoms with Gasteiger partial charge < -0.3 is 15.7 Å². The molecular weight excluding hydrogens is 248 g/mol. The Bertz CT molecular complexity index is 604. The Morgan fingerprint density at radius 3 is 1.95 bits per heavy atom. The number of hydrogen-bond donors (Lipinski definition) is 2. The van der Waals surface area contributed by atoms with E-state index in [4.69, 9.17) is 5.11 Å². The highest BCUT2D eigenvalue weighted by Crippen LogP contribution is 2.26. The van der Waals surface area contributed by atoms with Crippen molar-refractivity contribution in [2.45, 2.75) is 0 Å². The third-order valence-electron chi connectivity index (χ3n) is 2.59. The third kappa shape index (κ3) is 2.78. The summed E-state index contributed by atoms with van der Waals surface area (Å²) in [7, 11) is 0. The fourth-order valence-electron chi connectivity index (χ4n) is 1.82. The molecule has 0 fully saturated rings. The molecule has 4 N–H and O–H groups in total. The van der Waals surface area contributed by atoms with Crippen LogP contribution in [0, 0.1) is 0 Å². The van der Waals surface area contributed by atoms with Crippen LogP contribution in [-0.4, -0.2) is 27.6 Å². The highest BCUT2D eigenvalue weighted by atomic mass is 16.4. The number of hydrogen-bond acceptors (Lipinski definition) is 2. The molecule has 98 valence electrons. The lowest BCUT2D eigenvalue weighted by atomic mass is 9.95. The van der Waals surface area contributed by atoms with Gasteiger partial charge in [-0.3, -0.25) is 0 Å². The van der Waals surface area contributed by atoms with E-state index < -0.39 is 11.9 Å². The van der Waals surface area contributed by atoms with Crippen molar-refractivity contribution in [3.63, 3.8) is 0 Å². The Kier molecular flexibility index (Phi) is 4.39. The molecule has 0 aliphatic carbocycles. The van der Waals surface area contributed by atoms with E-state index in [0.717, 1.165) is 0 Å². The average Bonchev–Trinajstić information content (AvgIpc) is 2.38. The minimum Gasteiger partial charge on any atom is -0.478 e. The molecule has 0 radical (unpaired) electrons. The van der Waals surface area contributed by atoms with Gasteiger partial charge in [0.2, 0.25) is 0 Å². The van der Waals surface area contributed by atoms with Gasteiger partial charge in [0.15, 0.2) is 0 Å². The molecule has 2 aromatic rings. The largest absolute Gasteiger partial charge is 0.478 e. The van der Waals surface area contributed by atoms with E-state index in [1.807, 2.05) is 6.07 Å². The fourth-order valence-corrected chi connectivity index (χ4v) is 1.82. The number of aromatic carboxylic acids is 2. The van der Waals surface area contributed by atoms with Crippen LogP contribution in [-0.2, 0) is 0 Å². The van der Waals surface area contributed by atoms with Crippen molar-refractivity contribution in [2.24, 2.45) is 0 Å². The van der Waals surface area contributed by atoms with E-state index in [2.05, 4.69) is 0 Å². The molecule has 2 aromatic carbocycles. The second kappa shape index (κ2) is 5.79. The molecule has 0 aliphatic rings. The number of rotatable bonds is 3. The van der Waals surface area contributed by atoms with E-state index in [1.165, 1.54) is 12.1 Å². The zero-order chi connectivity index (χ0) is 13.1. The Hall–Kier alpha value is -2.66. The van der Waals surface area contributed by atoms with Crippen LogP contribution >= 0.6 is 0 Å². The van der Waals surface area contributed by atoms with Crippen molar-refractivity contribution in [3.05, 3.63) is 59.7 Å². The van der Waals surface area contributed by atoms with Crippen molar-refractivity contribution in [1.29, 1.82) is 0 Å². The van der Waals surface area contributed by atoms with Crippen LogP contribution in [0.4, 0.5) is 0 Å². The van der Waals surface area contributed by atoms with Gasteiger partial charge in [-0.1, -0.05) is 42.5 Å². The monoisotopic (exact) mass is 260 g/mol. The lowest BCUT2D eigenvalue weighted by Crippen LogP contribution is -2.09. The molecule has 0 heterocycles. The van der Waals surface area contributed by atoms with E-state index in [-0.39, 0.29) is 16.6 Å². The molecule has 0 aromatic heterocycles. The fraction of sp³-hybridized carbons (Fsp3) is 0. The summed E-state index contributed by atoms with van der Waals surface area (Å²) < 4.78 is 0. The number of carboxylic acid groups (broad SMARTS) is 2. The van der Waals surface area contributed by atoms with Crippen LogP contribution < -0.4 is 0 Å². The van der Waals surface area contributed by atoms with Crippen LogP contribution in [0.15, 0.2) is 48.5 Å². The summed E-state index contributed by atoms with van der Waals surface area (Å²) in [5.74, 6) is -2.49. The Morgan fingerprint density at radius 1 is 0.789 bits per heavy atom. The van der Waals surface area contributed by atoms with Crippen molar-refractivity contribution < 1.29 is 25.3 Å². The molecule has 2 rings (SSSR count).